The second-order valence-electron chi connectivity index (χ2n) is 15.6. The van der Waals surface area contributed by atoms with Gasteiger partial charge in [0.25, 0.3) is 0 Å². The standard InChI is InChI=1S/C52H50/c1-5-29-51(30-6-2)45-23-15-13-17-37(45)39-27-25-35(33-47(39)51)49-41-19-9-11-21-43(41)50(44-22-12-10-20-42(44)49)36-26-28-40-38-18-14-16-24-46(38)52(31-7-3,32-8-4)48(40)34-36/h9-28,33-34H,5-8,29-32H2,1-4H3. The number of rotatable bonds is 10. The van der Waals surface area contributed by atoms with Crippen molar-refractivity contribution in [2.45, 2.75) is 89.9 Å². The first-order valence-electron chi connectivity index (χ1n) is 20.0. The summed E-state index contributed by atoms with van der Waals surface area (Å²) in [7, 11) is 0. The van der Waals surface area contributed by atoms with E-state index in [4.69, 9.17) is 0 Å². The summed E-state index contributed by atoms with van der Waals surface area (Å²) < 4.78 is 0. The Morgan fingerprint density at radius 2 is 0.635 bits per heavy atom. The van der Waals surface area contributed by atoms with Gasteiger partial charge in [0.1, 0.15) is 0 Å². The normalized spacial score (nSPS) is 14.7. The van der Waals surface area contributed by atoms with E-state index in [1.54, 1.807) is 0 Å². The first-order valence-corrected chi connectivity index (χ1v) is 20.0. The minimum atomic E-state index is 0.0580. The smallest absolute Gasteiger partial charge is 0.0215 e. The van der Waals surface area contributed by atoms with Crippen LogP contribution in [0.4, 0.5) is 0 Å². The Labute approximate surface area is 310 Å². The lowest BCUT2D eigenvalue weighted by Gasteiger charge is -2.32. The molecule has 2 aliphatic carbocycles. The van der Waals surface area contributed by atoms with Gasteiger partial charge in [0, 0.05) is 10.8 Å². The zero-order chi connectivity index (χ0) is 35.5. The fraction of sp³-hybridized carbons (Fsp3) is 0.269. The monoisotopic (exact) mass is 674 g/mol. The van der Waals surface area contributed by atoms with Crippen LogP contribution >= 0.6 is 0 Å². The zero-order valence-electron chi connectivity index (χ0n) is 31.4. The van der Waals surface area contributed by atoms with Crippen LogP contribution in [-0.2, 0) is 10.8 Å². The van der Waals surface area contributed by atoms with Crippen molar-refractivity contribution < 1.29 is 0 Å². The quantitative estimate of drug-likeness (QED) is 0.127. The highest BCUT2D eigenvalue weighted by atomic mass is 14.5. The third-order valence-corrected chi connectivity index (χ3v) is 12.8. The molecule has 7 aromatic carbocycles. The molecule has 7 aromatic rings. The highest BCUT2D eigenvalue weighted by molar-refractivity contribution is 6.21. The van der Waals surface area contributed by atoms with E-state index >= 15 is 0 Å². The summed E-state index contributed by atoms with van der Waals surface area (Å²) >= 11 is 0. The number of benzene rings is 7. The molecule has 258 valence electrons. The van der Waals surface area contributed by atoms with E-state index in [2.05, 4.69) is 161 Å². The Bertz CT molecular complexity index is 2230. The number of hydrogen-bond acceptors (Lipinski definition) is 0. The van der Waals surface area contributed by atoms with Crippen LogP contribution in [0.2, 0.25) is 0 Å². The molecule has 0 heteroatoms. The van der Waals surface area contributed by atoms with E-state index in [1.165, 1.54) is 140 Å². The first-order chi connectivity index (χ1) is 25.6. The van der Waals surface area contributed by atoms with Crippen LogP contribution in [0.15, 0.2) is 133 Å². The molecule has 0 spiro atoms. The molecule has 0 radical (unpaired) electrons. The third kappa shape index (κ3) is 4.66. The van der Waals surface area contributed by atoms with Gasteiger partial charge in [0.15, 0.2) is 0 Å². The van der Waals surface area contributed by atoms with Crippen LogP contribution in [0.5, 0.6) is 0 Å². The van der Waals surface area contributed by atoms with Crippen LogP contribution in [0, 0.1) is 0 Å². The average molecular weight is 675 g/mol. The summed E-state index contributed by atoms with van der Waals surface area (Å²) in [5.74, 6) is 0. The Balaban J connectivity index is 1.30. The molecule has 0 fully saturated rings. The first kappa shape index (κ1) is 32.9. The van der Waals surface area contributed by atoms with Gasteiger partial charge in [-0.15, -0.1) is 0 Å². The van der Waals surface area contributed by atoms with E-state index in [9.17, 15) is 0 Å². The summed E-state index contributed by atoms with van der Waals surface area (Å²) in [6.45, 7) is 9.42. The van der Waals surface area contributed by atoms with Gasteiger partial charge in [0.2, 0.25) is 0 Å². The maximum absolute atomic E-state index is 2.59. The van der Waals surface area contributed by atoms with E-state index < -0.39 is 0 Å². The van der Waals surface area contributed by atoms with Gasteiger partial charge in [-0.1, -0.05) is 175 Å². The van der Waals surface area contributed by atoms with Gasteiger partial charge < -0.3 is 0 Å². The lowest BCUT2D eigenvalue weighted by Crippen LogP contribution is -2.25. The molecule has 0 amide bonds. The van der Waals surface area contributed by atoms with E-state index in [0.717, 1.165) is 0 Å². The van der Waals surface area contributed by atoms with Crippen LogP contribution < -0.4 is 0 Å². The molecule has 0 N–H and O–H groups in total. The van der Waals surface area contributed by atoms with Crippen molar-refractivity contribution in [3.8, 4) is 44.5 Å². The van der Waals surface area contributed by atoms with Crippen molar-refractivity contribution in [1.29, 1.82) is 0 Å². The van der Waals surface area contributed by atoms with Crippen molar-refractivity contribution in [1.82, 2.24) is 0 Å². The van der Waals surface area contributed by atoms with Gasteiger partial charge in [-0.3, -0.25) is 0 Å². The lowest BCUT2D eigenvalue weighted by molar-refractivity contribution is 0.436. The fourth-order valence-electron chi connectivity index (χ4n) is 11.0. The molecule has 0 nitrogen and oxygen atoms in total. The molecule has 0 unspecified atom stereocenters. The van der Waals surface area contributed by atoms with Gasteiger partial charge in [0.05, 0.1) is 0 Å². The van der Waals surface area contributed by atoms with Crippen molar-refractivity contribution in [3.63, 3.8) is 0 Å². The molecular formula is C52H50. The minimum Gasteiger partial charge on any atom is -0.0653 e. The van der Waals surface area contributed by atoms with Gasteiger partial charge in [-0.25, -0.2) is 0 Å². The number of fused-ring (bicyclic) bond motifs is 8. The molecule has 0 heterocycles. The van der Waals surface area contributed by atoms with Crippen molar-refractivity contribution in [2.75, 3.05) is 0 Å². The molecule has 9 rings (SSSR count). The summed E-state index contributed by atoms with van der Waals surface area (Å²) in [6.07, 6.45) is 9.38. The molecule has 0 aliphatic heterocycles. The van der Waals surface area contributed by atoms with Crippen molar-refractivity contribution in [3.05, 3.63) is 156 Å². The molecule has 52 heavy (non-hydrogen) atoms. The zero-order valence-corrected chi connectivity index (χ0v) is 31.4. The maximum Gasteiger partial charge on any atom is 0.0215 e. The summed E-state index contributed by atoms with van der Waals surface area (Å²) in [4.78, 5) is 0. The minimum absolute atomic E-state index is 0.0580. The second-order valence-corrected chi connectivity index (χ2v) is 15.6. The average Bonchev–Trinajstić information content (AvgIpc) is 3.60. The van der Waals surface area contributed by atoms with Gasteiger partial charge in [-0.05, 0) is 126 Å². The van der Waals surface area contributed by atoms with E-state index in [1.807, 2.05) is 0 Å². The van der Waals surface area contributed by atoms with Crippen molar-refractivity contribution in [2.24, 2.45) is 0 Å². The topological polar surface area (TPSA) is 0 Å². The fourth-order valence-corrected chi connectivity index (χ4v) is 11.0. The lowest BCUT2D eigenvalue weighted by atomic mass is 9.71. The SMILES string of the molecule is CCCC1(CCC)c2ccccc2-c2ccc(-c3c4ccccc4c(-c4ccc5c(c4)C(CCC)(CCC)c4ccccc4-5)c4ccccc34)cc21. The molecule has 0 saturated carbocycles. The molecule has 0 saturated heterocycles. The van der Waals surface area contributed by atoms with E-state index in [-0.39, 0.29) is 10.8 Å². The second kappa shape index (κ2) is 12.9. The molecule has 0 atom stereocenters. The largest absolute Gasteiger partial charge is 0.0653 e. The van der Waals surface area contributed by atoms with Crippen LogP contribution in [0.3, 0.4) is 0 Å². The Hall–Kier alpha value is -4.94. The van der Waals surface area contributed by atoms with Crippen LogP contribution in [0.1, 0.15) is 101 Å². The van der Waals surface area contributed by atoms with Gasteiger partial charge in [-0.2, -0.15) is 0 Å². The number of hydrogen-bond donors (Lipinski definition) is 0. The van der Waals surface area contributed by atoms with Crippen molar-refractivity contribution >= 4 is 21.5 Å². The third-order valence-electron chi connectivity index (χ3n) is 12.8. The van der Waals surface area contributed by atoms with E-state index in [0.29, 0.717) is 0 Å². The van der Waals surface area contributed by atoms with Gasteiger partial charge >= 0.3 is 0 Å². The Morgan fingerprint density at radius 3 is 0.981 bits per heavy atom. The predicted molar refractivity (Wildman–Crippen MR) is 224 cm³/mol. The molecule has 2 aliphatic rings. The highest BCUT2D eigenvalue weighted by Gasteiger charge is 2.43. The summed E-state index contributed by atoms with van der Waals surface area (Å²) in [5.41, 5.74) is 17.3. The predicted octanol–water partition coefficient (Wildman–Crippen LogP) is 15.1. The molecular weight excluding hydrogens is 625 g/mol. The maximum atomic E-state index is 2.59. The summed E-state index contributed by atoms with van der Waals surface area (Å²) in [6, 6.07) is 51.7. The Kier molecular flexibility index (Phi) is 8.19. The highest BCUT2D eigenvalue weighted by Crippen LogP contribution is 2.57. The molecule has 0 aromatic heterocycles. The summed E-state index contributed by atoms with van der Waals surface area (Å²) in [5, 5.41) is 5.33. The Morgan fingerprint density at radius 1 is 0.327 bits per heavy atom. The van der Waals surface area contributed by atoms with Crippen LogP contribution in [0.25, 0.3) is 66.1 Å². The molecule has 0 bridgehead atoms. The van der Waals surface area contributed by atoms with Crippen LogP contribution in [-0.4, -0.2) is 0 Å².